The zero-order chi connectivity index (χ0) is 9.12. The van der Waals surface area contributed by atoms with Crippen LogP contribution in [0.15, 0.2) is 36.4 Å². The minimum atomic E-state index is 1.04. The quantitative estimate of drug-likeness (QED) is 0.378. The molecule has 1 heterocycles. The van der Waals surface area contributed by atoms with Gasteiger partial charge in [-0.05, 0) is 22.8 Å². The fraction of sp³-hybridized carbons (Fsp3) is 0.0769. The van der Waals surface area contributed by atoms with E-state index in [9.17, 15) is 0 Å². The van der Waals surface area contributed by atoms with Crippen LogP contribution in [0.4, 0.5) is 0 Å². The molecular formula is C13H8O. The van der Waals surface area contributed by atoms with E-state index in [4.69, 9.17) is 4.74 Å². The van der Waals surface area contributed by atoms with Gasteiger partial charge in [-0.2, -0.15) is 0 Å². The highest BCUT2D eigenvalue weighted by atomic mass is 16.6. The van der Waals surface area contributed by atoms with E-state index in [2.05, 4.69) is 36.4 Å². The third kappa shape index (κ3) is 0.666. The first kappa shape index (κ1) is 6.66. The summed E-state index contributed by atoms with van der Waals surface area (Å²) >= 11 is 0. The Kier molecular flexibility index (Phi) is 0.954. The third-order valence-corrected chi connectivity index (χ3v) is 3.07. The van der Waals surface area contributed by atoms with Crippen molar-refractivity contribution in [2.24, 2.45) is 0 Å². The molecule has 1 heteroatoms. The molecule has 0 aromatic heterocycles. The molecule has 1 aliphatic carbocycles. The standard InChI is InChI=1S/C13H8O/c1-2-4-9-8(3-1)7-11-10(9)5-6-12-13(11)14-12/h1-6H,7H2. The first-order valence-corrected chi connectivity index (χ1v) is 4.85. The van der Waals surface area contributed by atoms with Crippen molar-refractivity contribution in [3.05, 3.63) is 47.5 Å². The molecule has 0 saturated carbocycles. The maximum Gasteiger partial charge on any atom is 0.174 e. The topological polar surface area (TPSA) is 12.5 Å². The highest BCUT2D eigenvalue weighted by Gasteiger charge is 2.31. The summed E-state index contributed by atoms with van der Waals surface area (Å²) in [6, 6.07) is 12.8. The first-order chi connectivity index (χ1) is 6.93. The maximum absolute atomic E-state index is 5.41. The molecule has 0 fully saturated rings. The van der Waals surface area contributed by atoms with Crippen molar-refractivity contribution in [2.75, 3.05) is 0 Å². The molecule has 0 atom stereocenters. The van der Waals surface area contributed by atoms with Crippen LogP contribution in [0, 0.1) is 0 Å². The second-order valence-corrected chi connectivity index (χ2v) is 3.85. The van der Waals surface area contributed by atoms with E-state index in [0.29, 0.717) is 0 Å². The van der Waals surface area contributed by atoms with E-state index < -0.39 is 0 Å². The van der Waals surface area contributed by atoms with Crippen LogP contribution in [0.3, 0.4) is 0 Å². The van der Waals surface area contributed by atoms with Crippen molar-refractivity contribution >= 4 is 0 Å². The van der Waals surface area contributed by atoms with Gasteiger partial charge in [0, 0.05) is 12.0 Å². The van der Waals surface area contributed by atoms with E-state index in [1.54, 1.807) is 0 Å². The summed E-state index contributed by atoms with van der Waals surface area (Å²) < 4.78 is 5.41. The molecule has 2 aromatic rings. The van der Waals surface area contributed by atoms with E-state index in [1.807, 2.05) is 0 Å². The van der Waals surface area contributed by atoms with Gasteiger partial charge in [0.1, 0.15) is 0 Å². The van der Waals surface area contributed by atoms with Crippen LogP contribution in [-0.4, -0.2) is 0 Å². The number of benzene rings is 2. The normalized spacial score (nSPS) is 14.0. The number of ether oxygens (including phenoxy) is 1. The van der Waals surface area contributed by atoms with Crippen LogP contribution in [0.1, 0.15) is 11.1 Å². The molecule has 0 N–H and O–H groups in total. The summed E-state index contributed by atoms with van der Waals surface area (Å²) in [4.78, 5) is 0. The summed E-state index contributed by atoms with van der Waals surface area (Å²) in [5.41, 5.74) is 5.53. The highest BCUT2D eigenvalue weighted by Crippen LogP contribution is 2.54. The maximum atomic E-state index is 5.41. The molecule has 14 heavy (non-hydrogen) atoms. The minimum absolute atomic E-state index is 1.04. The monoisotopic (exact) mass is 180 g/mol. The molecule has 1 nitrogen and oxygen atoms in total. The van der Waals surface area contributed by atoms with Gasteiger partial charge < -0.3 is 4.74 Å². The summed E-state index contributed by atoms with van der Waals surface area (Å²) in [5, 5.41) is 0. The van der Waals surface area contributed by atoms with Gasteiger partial charge in [0.05, 0.1) is 0 Å². The molecule has 0 unspecified atom stereocenters. The fourth-order valence-electron chi connectivity index (χ4n) is 2.34. The van der Waals surface area contributed by atoms with Crippen LogP contribution in [0.2, 0.25) is 0 Å². The van der Waals surface area contributed by atoms with Gasteiger partial charge in [-0.15, -0.1) is 0 Å². The molecule has 0 amide bonds. The molecule has 2 aliphatic rings. The number of rotatable bonds is 0. The van der Waals surface area contributed by atoms with Crippen LogP contribution in [0.5, 0.6) is 11.5 Å². The predicted octanol–water partition coefficient (Wildman–Crippen LogP) is 3.36. The number of hydrogen-bond acceptors (Lipinski definition) is 1. The predicted molar refractivity (Wildman–Crippen MR) is 54.8 cm³/mol. The van der Waals surface area contributed by atoms with Gasteiger partial charge in [0.15, 0.2) is 11.5 Å². The smallest absolute Gasteiger partial charge is 0.174 e. The van der Waals surface area contributed by atoms with Crippen molar-refractivity contribution in [3.8, 4) is 22.6 Å². The van der Waals surface area contributed by atoms with Crippen LogP contribution >= 0.6 is 0 Å². The fourth-order valence-corrected chi connectivity index (χ4v) is 2.34. The lowest BCUT2D eigenvalue weighted by Gasteiger charge is -1.96. The molecule has 1 aliphatic heterocycles. The number of hydrogen-bond donors (Lipinski definition) is 0. The van der Waals surface area contributed by atoms with Crippen LogP contribution in [0.25, 0.3) is 11.1 Å². The SMILES string of the molecule is c1ccc2c(c1)Cc1c-2ccc2c1O2. The molecule has 0 saturated heterocycles. The summed E-state index contributed by atoms with van der Waals surface area (Å²) in [5.74, 6) is 2.19. The molecule has 0 spiro atoms. The second kappa shape index (κ2) is 2.01. The lowest BCUT2D eigenvalue weighted by molar-refractivity contribution is 0.645. The largest absolute Gasteiger partial charge is 0.449 e. The Morgan fingerprint density at radius 3 is 2.86 bits per heavy atom. The van der Waals surface area contributed by atoms with Gasteiger partial charge in [0.25, 0.3) is 0 Å². The molecule has 4 rings (SSSR count). The third-order valence-electron chi connectivity index (χ3n) is 3.07. The van der Waals surface area contributed by atoms with Crippen molar-refractivity contribution < 1.29 is 4.74 Å². The zero-order valence-corrected chi connectivity index (χ0v) is 7.58. The summed E-state index contributed by atoms with van der Waals surface area (Å²) in [7, 11) is 0. The van der Waals surface area contributed by atoms with Crippen LogP contribution in [-0.2, 0) is 6.42 Å². The molecule has 66 valence electrons. The van der Waals surface area contributed by atoms with Gasteiger partial charge in [-0.1, -0.05) is 30.3 Å². The average Bonchev–Trinajstić information content (AvgIpc) is 2.92. The Morgan fingerprint density at radius 1 is 0.929 bits per heavy atom. The Labute approximate surface area is 82.0 Å². The highest BCUT2D eigenvalue weighted by molar-refractivity contribution is 5.83. The zero-order valence-electron chi connectivity index (χ0n) is 7.58. The van der Waals surface area contributed by atoms with Crippen LogP contribution < -0.4 is 4.74 Å². The first-order valence-electron chi connectivity index (χ1n) is 4.85. The lowest BCUT2D eigenvalue weighted by Crippen LogP contribution is -1.76. The van der Waals surface area contributed by atoms with E-state index in [0.717, 1.165) is 17.9 Å². The Balaban J connectivity index is 2.08. The average molecular weight is 180 g/mol. The van der Waals surface area contributed by atoms with Gasteiger partial charge in [0.2, 0.25) is 0 Å². The summed E-state index contributed by atoms with van der Waals surface area (Å²) in [6.07, 6.45) is 1.04. The minimum Gasteiger partial charge on any atom is -0.449 e. The van der Waals surface area contributed by atoms with Crippen molar-refractivity contribution in [1.82, 2.24) is 0 Å². The molecular weight excluding hydrogens is 172 g/mol. The van der Waals surface area contributed by atoms with Crippen molar-refractivity contribution in [3.63, 3.8) is 0 Å². The molecule has 2 aromatic carbocycles. The van der Waals surface area contributed by atoms with Crippen molar-refractivity contribution in [1.29, 1.82) is 0 Å². The summed E-state index contributed by atoms with van der Waals surface area (Å²) in [6.45, 7) is 0. The Bertz CT molecular complexity index is 555. The number of fused-ring (bicyclic) bond motifs is 5. The van der Waals surface area contributed by atoms with Gasteiger partial charge in [-0.3, -0.25) is 0 Å². The lowest BCUT2D eigenvalue weighted by atomic mass is 10.1. The Morgan fingerprint density at radius 2 is 1.86 bits per heavy atom. The second-order valence-electron chi connectivity index (χ2n) is 3.85. The van der Waals surface area contributed by atoms with Crippen molar-refractivity contribution in [2.45, 2.75) is 6.42 Å². The van der Waals surface area contributed by atoms with E-state index >= 15 is 0 Å². The van der Waals surface area contributed by atoms with Gasteiger partial charge in [-0.25, -0.2) is 0 Å². The van der Waals surface area contributed by atoms with Gasteiger partial charge >= 0.3 is 0 Å². The van der Waals surface area contributed by atoms with E-state index in [-0.39, 0.29) is 0 Å². The Hall–Kier alpha value is -1.76. The van der Waals surface area contributed by atoms with E-state index in [1.165, 1.54) is 22.3 Å². The molecule has 0 radical (unpaired) electrons. The molecule has 0 bridgehead atoms.